The molecule has 7 heteroatoms. The second-order valence-electron chi connectivity index (χ2n) is 4.45. The zero-order valence-corrected chi connectivity index (χ0v) is 10.8. The Hall–Kier alpha value is -3.09. The maximum absolute atomic E-state index is 14.2. The van der Waals surface area contributed by atoms with Gasteiger partial charge < -0.3 is 4.57 Å². The zero-order valence-electron chi connectivity index (χ0n) is 10.8. The van der Waals surface area contributed by atoms with Crippen LogP contribution in [0.4, 0.5) is 4.39 Å². The van der Waals surface area contributed by atoms with Gasteiger partial charge in [0.2, 0.25) is 0 Å². The van der Waals surface area contributed by atoms with Crippen molar-refractivity contribution in [1.82, 2.24) is 29.1 Å². The normalized spacial score (nSPS) is 11.1. The van der Waals surface area contributed by atoms with E-state index < -0.39 is 0 Å². The molecule has 0 N–H and O–H groups in total. The van der Waals surface area contributed by atoms with Gasteiger partial charge in [-0.05, 0) is 12.1 Å². The molecule has 4 rings (SSSR count). The lowest BCUT2D eigenvalue weighted by Crippen LogP contribution is -1.98. The average Bonchev–Trinajstić information content (AvgIpc) is 3.17. The van der Waals surface area contributed by atoms with E-state index in [9.17, 15) is 4.39 Å². The lowest BCUT2D eigenvalue weighted by Gasteiger charge is -2.06. The highest BCUT2D eigenvalue weighted by molar-refractivity contribution is 5.60. The molecule has 0 radical (unpaired) electrons. The molecule has 0 amide bonds. The minimum atomic E-state index is -0.349. The summed E-state index contributed by atoms with van der Waals surface area (Å²) >= 11 is 0. The lowest BCUT2D eigenvalue weighted by molar-refractivity contribution is 0.618. The first-order valence-electron chi connectivity index (χ1n) is 6.26. The number of hydrogen-bond donors (Lipinski definition) is 0. The summed E-state index contributed by atoms with van der Waals surface area (Å²) in [6, 6.07) is 4.92. The molecule has 4 aromatic rings. The fourth-order valence-electron chi connectivity index (χ4n) is 2.13. The molecular formula is C14H9FN6. The topological polar surface area (TPSA) is 60.9 Å². The second kappa shape index (κ2) is 4.48. The number of aromatic nitrogens is 6. The minimum absolute atomic E-state index is 0.349. The van der Waals surface area contributed by atoms with Crippen molar-refractivity contribution < 1.29 is 4.39 Å². The fraction of sp³-hybridized carbons (Fsp3) is 0. The van der Waals surface area contributed by atoms with E-state index in [0.717, 1.165) is 0 Å². The van der Waals surface area contributed by atoms with Crippen molar-refractivity contribution in [1.29, 1.82) is 0 Å². The third-order valence-electron chi connectivity index (χ3n) is 3.15. The largest absolute Gasteiger partial charge is 0.303 e. The molecule has 0 atom stereocenters. The van der Waals surface area contributed by atoms with Crippen molar-refractivity contribution in [3.63, 3.8) is 0 Å². The number of nitrogens with zero attached hydrogens (tertiary/aromatic N) is 6. The van der Waals surface area contributed by atoms with Crippen molar-refractivity contribution in [2.24, 2.45) is 0 Å². The van der Waals surface area contributed by atoms with E-state index in [4.69, 9.17) is 0 Å². The summed E-state index contributed by atoms with van der Waals surface area (Å²) in [5, 5.41) is 4.34. The summed E-state index contributed by atoms with van der Waals surface area (Å²) in [6.07, 6.45) is 9.73. The number of benzene rings is 1. The van der Waals surface area contributed by atoms with Gasteiger partial charge >= 0.3 is 0 Å². The summed E-state index contributed by atoms with van der Waals surface area (Å²) in [5.74, 6) is 0.160. The average molecular weight is 280 g/mol. The minimum Gasteiger partial charge on any atom is -0.303 e. The molecule has 0 aliphatic carbocycles. The molecule has 0 saturated carbocycles. The van der Waals surface area contributed by atoms with Gasteiger partial charge in [-0.15, -0.1) is 0 Å². The molecule has 0 unspecified atom stereocenters. The highest BCUT2D eigenvalue weighted by atomic mass is 19.1. The third-order valence-corrected chi connectivity index (χ3v) is 3.15. The molecular weight excluding hydrogens is 271 g/mol. The van der Waals surface area contributed by atoms with Crippen LogP contribution in [0.25, 0.3) is 22.7 Å². The van der Waals surface area contributed by atoms with E-state index in [-0.39, 0.29) is 5.82 Å². The van der Waals surface area contributed by atoms with E-state index in [2.05, 4.69) is 20.1 Å². The van der Waals surface area contributed by atoms with Crippen LogP contribution in [0, 0.1) is 5.82 Å². The number of imidazole rings is 2. The van der Waals surface area contributed by atoms with Gasteiger partial charge in [-0.2, -0.15) is 5.10 Å². The molecule has 1 aromatic carbocycles. The van der Waals surface area contributed by atoms with Crippen LogP contribution in [0.5, 0.6) is 0 Å². The van der Waals surface area contributed by atoms with E-state index in [0.29, 0.717) is 22.7 Å². The van der Waals surface area contributed by atoms with Crippen molar-refractivity contribution in [2.45, 2.75) is 0 Å². The van der Waals surface area contributed by atoms with Crippen LogP contribution in [0.1, 0.15) is 0 Å². The van der Waals surface area contributed by atoms with E-state index in [1.165, 1.54) is 6.07 Å². The summed E-state index contributed by atoms with van der Waals surface area (Å²) in [6.45, 7) is 0. The van der Waals surface area contributed by atoms with Crippen molar-refractivity contribution >= 4 is 5.78 Å². The molecule has 0 bridgehead atoms. The van der Waals surface area contributed by atoms with E-state index in [1.54, 1.807) is 58.5 Å². The van der Waals surface area contributed by atoms with Gasteiger partial charge in [0.25, 0.3) is 5.78 Å². The molecule has 0 saturated heterocycles. The molecule has 3 aromatic heterocycles. The Morgan fingerprint density at radius 3 is 2.81 bits per heavy atom. The van der Waals surface area contributed by atoms with Gasteiger partial charge in [0.15, 0.2) is 0 Å². The van der Waals surface area contributed by atoms with Crippen LogP contribution >= 0.6 is 0 Å². The molecule has 6 nitrogen and oxygen atoms in total. The highest BCUT2D eigenvalue weighted by Gasteiger charge is 2.09. The highest BCUT2D eigenvalue weighted by Crippen LogP contribution is 2.21. The number of halogens is 1. The predicted molar refractivity (Wildman–Crippen MR) is 73.3 cm³/mol. The molecule has 0 aliphatic heterocycles. The van der Waals surface area contributed by atoms with Crippen LogP contribution in [0.3, 0.4) is 0 Å². The smallest absolute Gasteiger partial charge is 0.250 e. The molecule has 0 spiro atoms. The van der Waals surface area contributed by atoms with Crippen molar-refractivity contribution in [2.75, 3.05) is 0 Å². The fourth-order valence-corrected chi connectivity index (χ4v) is 2.13. The Kier molecular flexibility index (Phi) is 2.50. The Morgan fingerprint density at radius 1 is 1.05 bits per heavy atom. The van der Waals surface area contributed by atoms with Gasteiger partial charge in [0.05, 0.1) is 24.4 Å². The molecule has 0 fully saturated rings. The van der Waals surface area contributed by atoms with Gasteiger partial charge in [0, 0.05) is 24.2 Å². The van der Waals surface area contributed by atoms with E-state index >= 15 is 0 Å². The second-order valence-corrected chi connectivity index (χ2v) is 4.45. The lowest BCUT2D eigenvalue weighted by atomic mass is 10.1. The van der Waals surface area contributed by atoms with Crippen LogP contribution in [0.2, 0.25) is 0 Å². The van der Waals surface area contributed by atoms with Crippen LogP contribution in [0.15, 0.2) is 55.5 Å². The van der Waals surface area contributed by atoms with Crippen molar-refractivity contribution in [3.8, 4) is 16.9 Å². The maximum Gasteiger partial charge on any atom is 0.250 e. The first-order valence-corrected chi connectivity index (χ1v) is 6.26. The standard InChI is InChI=1S/C14H9FN6/c15-11-7-10(1-2-13(11)20-5-3-16-9-20)12-8-18-14-17-4-6-21(14)19-12/h1-9H. The van der Waals surface area contributed by atoms with Gasteiger partial charge in [-0.25, -0.2) is 23.9 Å². The number of rotatable bonds is 2. The van der Waals surface area contributed by atoms with Gasteiger partial charge in [0.1, 0.15) is 11.5 Å². The molecule has 102 valence electrons. The molecule has 21 heavy (non-hydrogen) atoms. The molecule has 3 heterocycles. The number of fused-ring (bicyclic) bond motifs is 1. The Labute approximate surface area is 118 Å². The van der Waals surface area contributed by atoms with Crippen molar-refractivity contribution in [3.05, 3.63) is 61.3 Å². The predicted octanol–water partition coefficient (Wildman–Crippen LogP) is 2.12. The zero-order chi connectivity index (χ0) is 14.2. The Morgan fingerprint density at radius 2 is 2.00 bits per heavy atom. The maximum atomic E-state index is 14.2. The molecule has 0 aliphatic rings. The SMILES string of the molecule is Fc1cc(-c2cnc3nccn3n2)ccc1-n1ccnc1. The summed E-state index contributed by atoms with van der Waals surface area (Å²) in [7, 11) is 0. The van der Waals surface area contributed by atoms with Gasteiger partial charge in [-0.3, -0.25) is 0 Å². The van der Waals surface area contributed by atoms with Crippen LogP contribution < -0.4 is 0 Å². The Bertz CT molecular complexity index is 912. The summed E-state index contributed by atoms with van der Waals surface area (Å²) in [4.78, 5) is 12.1. The quantitative estimate of drug-likeness (QED) is 0.564. The van der Waals surface area contributed by atoms with E-state index in [1.807, 2.05) is 0 Å². The van der Waals surface area contributed by atoms with Gasteiger partial charge in [-0.1, -0.05) is 6.07 Å². The monoisotopic (exact) mass is 280 g/mol. The third kappa shape index (κ3) is 1.95. The Balaban J connectivity index is 1.80. The van der Waals surface area contributed by atoms with Crippen LogP contribution in [-0.2, 0) is 0 Å². The summed E-state index contributed by atoms with van der Waals surface area (Å²) < 4.78 is 17.4. The number of hydrogen-bond acceptors (Lipinski definition) is 4. The first-order chi connectivity index (χ1) is 10.3. The van der Waals surface area contributed by atoms with Crippen LogP contribution in [-0.4, -0.2) is 29.1 Å². The summed E-state index contributed by atoms with van der Waals surface area (Å²) in [5.41, 5.74) is 1.67. The first kappa shape index (κ1) is 11.7.